The third-order valence-corrected chi connectivity index (χ3v) is 22.3. The Labute approximate surface area is 708 Å². The molecule has 0 aliphatic heterocycles. The summed E-state index contributed by atoms with van der Waals surface area (Å²) in [7, 11) is 0. The molecule has 114 heavy (non-hydrogen) atoms. The number of carboxylic acids is 2. The van der Waals surface area contributed by atoms with E-state index in [-0.39, 0.29) is 27.6 Å². The fourth-order valence-corrected chi connectivity index (χ4v) is 15.2. The van der Waals surface area contributed by atoms with Gasteiger partial charge in [-0.3, -0.25) is 9.98 Å². The number of hydrogen-bond donors (Lipinski definition) is 4. The van der Waals surface area contributed by atoms with E-state index in [0.29, 0.717) is 36.8 Å². The number of aromatic hydroxyl groups is 2. The third-order valence-electron chi connectivity index (χ3n) is 22.3. The minimum absolute atomic E-state index is 0. The number of phenolic OH excluding ortho intramolecular Hbond substituents is 2. The maximum Gasteiger partial charge on any atom is 2.00 e. The first-order chi connectivity index (χ1) is 55.2. The SMILES string of the molecule is CCCCCCCCCCCCCCCCCCCCCC#CCCCc1ccccc1N=C(C)C(CCCC)=Nc1ccccc1CCCC#CCCCCCCCCCCCCCCCCCCCCC.CCCCCc1c(CCCC)cc(O)c([O-])c1C(=O)O.CCCCCc1c(CCCC)cc(O)c([O-])c1C(=O)O.[Ni+2]. The topological polar surface area (TPSA) is 186 Å². The molecule has 0 saturated carbocycles. The number of unbranched alkanes of at least 4 members (excludes halogenated alkanes) is 47. The summed E-state index contributed by atoms with van der Waals surface area (Å²) >= 11 is 0. The smallest absolute Gasteiger partial charge is 0.869 e. The summed E-state index contributed by atoms with van der Waals surface area (Å²) in [5.41, 5.74) is 9.31. The molecule has 0 aliphatic rings. The Bertz CT molecular complexity index is 3170. The average Bonchev–Trinajstić information content (AvgIpc) is 0.805. The zero-order chi connectivity index (χ0) is 82.3. The molecular weight excluding hydrogens is 1450 g/mol. The molecule has 0 saturated heterocycles. The van der Waals surface area contributed by atoms with Crippen molar-refractivity contribution < 1.29 is 56.7 Å². The Morgan fingerprint density at radius 2 is 0.570 bits per heavy atom. The van der Waals surface area contributed by atoms with E-state index in [1.54, 1.807) is 0 Å². The van der Waals surface area contributed by atoms with E-state index in [0.717, 1.165) is 169 Å². The van der Waals surface area contributed by atoms with E-state index < -0.39 is 34.9 Å². The Morgan fingerprint density at radius 1 is 0.316 bits per heavy atom. The van der Waals surface area contributed by atoms with E-state index in [1.807, 2.05) is 0 Å². The van der Waals surface area contributed by atoms with E-state index in [4.69, 9.17) is 9.98 Å². The van der Waals surface area contributed by atoms with Crippen molar-refractivity contribution in [2.45, 2.75) is 460 Å². The number of hydrogen-bond acceptors (Lipinski definition) is 8. The van der Waals surface area contributed by atoms with Crippen molar-refractivity contribution in [1.82, 2.24) is 0 Å². The molecule has 0 amide bonds. The number of carbonyl (C=O) groups is 2. The van der Waals surface area contributed by atoms with Gasteiger partial charge in [0.15, 0.2) is 0 Å². The van der Waals surface area contributed by atoms with Crippen molar-refractivity contribution in [2.24, 2.45) is 9.98 Å². The molecule has 0 aromatic heterocycles. The molecule has 0 spiro atoms. The standard InChI is InChI=1S/C71H118N2.2C16H24O4.Ni/c1-5-8-11-13-15-17-19-21-23-25-27-29-31-33-35-37-39-41-43-45-47-49-51-53-59-67-61-55-57-64-70(67)72-66(4)69(63-10-7-3)73-71-65-58-56-62-68(71)60-54-52-50-48-46-44-42-40-38-36-34-32-30-28-26-24-22-20-18-16-14-12-9-6-2;2*1-3-5-7-9-12-11(8-6-4-2)10-13(17)15(18)14(12)16(19)20;/h55-58,61-62,64-65H,5-46,51-54,59-60,63H2,1-4H3;2*10,17-18H,3-9H2,1-2H3,(H,19,20);/q;;;+2/p-2. The quantitative estimate of drug-likeness (QED) is 0.0146. The van der Waals surface area contributed by atoms with E-state index in [2.05, 4.69) is 128 Å². The average molecular weight is 1620 g/mol. The van der Waals surface area contributed by atoms with Gasteiger partial charge in [-0.25, -0.2) is 9.59 Å². The van der Waals surface area contributed by atoms with Gasteiger partial charge in [0, 0.05) is 25.7 Å². The van der Waals surface area contributed by atoms with Crippen LogP contribution < -0.4 is 10.2 Å². The van der Waals surface area contributed by atoms with Crippen LogP contribution in [0.5, 0.6) is 23.0 Å². The number of para-hydroxylation sites is 2. The molecule has 0 heterocycles. The zero-order valence-corrected chi connectivity index (χ0v) is 74.9. The number of aromatic carboxylic acids is 2. The molecule has 0 bridgehead atoms. The molecule has 11 heteroatoms. The van der Waals surface area contributed by atoms with Gasteiger partial charge in [-0.2, -0.15) is 0 Å². The minimum atomic E-state index is -1.24. The Balaban J connectivity index is 0.00000127. The molecule has 644 valence electrons. The van der Waals surface area contributed by atoms with Crippen LogP contribution in [0, 0.1) is 23.7 Å². The molecule has 0 radical (unpaired) electrons. The van der Waals surface area contributed by atoms with Crippen molar-refractivity contribution >= 4 is 34.7 Å². The van der Waals surface area contributed by atoms with Crippen LogP contribution in [0.25, 0.3) is 0 Å². The number of carboxylic acid groups (broad SMARTS) is 2. The van der Waals surface area contributed by atoms with Crippen LogP contribution in [0.2, 0.25) is 0 Å². The monoisotopic (exact) mass is 1620 g/mol. The van der Waals surface area contributed by atoms with Gasteiger partial charge in [0.2, 0.25) is 0 Å². The summed E-state index contributed by atoms with van der Waals surface area (Å²) in [4.78, 5) is 33.3. The molecular formula is C103H164N2NiO8. The number of rotatable bonds is 66. The van der Waals surface area contributed by atoms with Crippen LogP contribution in [-0.4, -0.2) is 43.8 Å². The second-order valence-electron chi connectivity index (χ2n) is 32.5. The predicted octanol–water partition coefficient (Wildman–Crippen LogP) is 30.5. The second kappa shape index (κ2) is 74.5. The maximum atomic E-state index is 11.9. The summed E-state index contributed by atoms with van der Waals surface area (Å²) in [5.74, 6) is 9.05. The van der Waals surface area contributed by atoms with Gasteiger partial charge in [-0.1, -0.05) is 372 Å². The second-order valence-corrected chi connectivity index (χ2v) is 32.5. The fourth-order valence-electron chi connectivity index (χ4n) is 15.2. The van der Waals surface area contributed by atoms with Gasteiger partial charge in [0.25, 0.3) is 0 Å². The number of aliphatic imine (C=N–C) groups is 2. The first-order valence-electron chi connectivity index (χ1n) is 47.0. The summed E-state index contributed by atoms with van der Waals surface area (Å²) in [6.45, 7) is 17.3. The van der Waals surface area contributed by atoms with Gasteiger partial charge in [-0.05, 0) is 167 Å². The normalized spacial score (nSPS) is 11.3. The van der Waals surface area contributed by atoms with E-state index in [9.17, 15) is 40.2 Å². The molecule has 0 atom stereocenters. The first-order valence-corrected chi connectivity index (χ1v) is 47.0. The van der Waals surface area contributed by atoms with Crippen molar-refractivity contribution in [1.29, 1.82) is 0 Å². The molecule has 0 fully saturated rings. The molecule has 10 nitrogen and oxygen atoms in total. The number of nitrogens with zero attached hydrogens (tertiary/aromatic N) is 2. The number of phenols is 2. The summed E-state index contributed by atoms with van der Waals surface area (Å²) in [5, 5.41) is 61.5. The Kier molecular flexibility index (Phi) is 69.3. The molecule has 4 aromatic rings. The van der Waals surface area contributed by atoms with Crippen LogP contribution >= 0.6 is 0 Å². The maximum absolute atomic E-state index is 11.9. The minimum Gasteiger partial charge on any atom is -0.869 e. The molecule has 4 N–H and O–H groups in total. The summed E-state index contributed by atoms with van der Waals surface area (Å²) in [6.07, 6.45) is 77.7. The van der Waals surface area contributed by atoms with E-state index in [1.165, 1.54) is 267 Å². The molecule has 4 aromatic carbocycles. The van der Waals surface area contributed by atoms with Gasteiger partial charge in [0.1, 0.15) is 11.5 Å². The van der Waals surface area contributed by atoms with Crippen LogP contribution in [0.4, 0.5) is 11.4 Å². The van der Waals surface area contributed by atoms with Gasteiger partial charge < -0.3 is 30.6 Å². The summed E-state index contributed by atoms with van der Waals surface area (Å²) < 4.78 is 0. The third kappa shape index (κ3) is 51.9. The van der Waals surface area contributed by atoms with Crippen LogP contribution in [0.1, 0.15) is 475 Å². The molecule has 4 rings (SSSR count). The van der Waals surface area contributed by atoms with Gasteiger partial charge >= 0.3 is 28.4 Å². The van der Waals surface area contributed by atoms with E-state index >= 15 is 0 Å². The number of aryl methyl sites for hydroxylation is 4. The van der Waals surface area contributed by atoms with Crippen molar-refractivity contribution in [3.05, 3.63) is 105 Å². The first kappa shape index (κ1) is 106. The molecule has 0 unspecified atom stereocenters. The largest absolute Gasteiger partial charge is 2.00 e. The summed E-state index contributed by atoms with van der Waals surface area (Å²) in [6, 6.07) is 20.4. The van der Waals surface area contributed by atoms with Crippen LogP contribution in [-0.2, 0) is 55.0 Å². The van der Waals surface area contributed by atoms with Crippen LogP contribution in [0.15, 0.2) is 70.6 Å². The van der Waals surface area contributed by atoms with Crippen molar-refractivity contribution in [3.63, 3.8) is 0 Å². The van der Waals surface area contributed by atoms with Crippen molar-refractivity contribution in [3.8, 4) is 46.7 Å². The van der Waals surface area contributed by atoms with Crippen LogP contribution in [0.3, 0.4) is 0 Å². The Morgan fingerprint density at radius 3 is 0.868 bits per heavy atom. The number of benzene rings is 4. The molecule has 0 aliphatic carbocycles. The Hall–Kier alpha value is -6.03. The fraction of sp³-hybridized carbons (Fsp3) is 0.689. The van der Waals surface area contributed by atoms with Crippen molar-refractivity contribution in [2.75, 3.05) is 0 Å². The van der Waals surface area contributed by atoms with Gasteiger partial charge in [0.05, 0.1) is 33.9 Å². The zero-order valence-electron chi connectivity index (χ0n) is 74.0. The predicted molar refractivity (Wildman–Crippen MR) is 482 cm³/mol. The van der Waals surface area contributed by atoms with Gasteiger partial charge in [-0.15, -0.1) is 23.7 Å².